The second kappa shape index (κ2) is 7.42. The second-order valence-corrected chi connectivity index (χ2v) is 9.76. The summed E-state index contributed by atoms with van der Waals surface area (Å²) in [7, 11) is -3.26. The van der Waals surface area contributed by atoms with Crippen molar-refractivity contribution < 1.29 is 18.0 Å². The van der Waals surface area contributed by atoms with Crippen LogP contribution in [0.1, 0.15) is 51.4 Å². The van der Waals surface area contributed by atoms with E-state index >= 15 is 0 Å². The van der Waals surface area contributed by atoms with Crippen LogP contribution in [0.15, 0.2) is 0 Å². The minimum atomic E-state index is -3.26. The number of carbonyl (C=O) groups is 2. The third-order valence-corrected chi connectivity index (χ3v) is 7.67. The Morgan fingerprint density at radius 2 is 1.33 bits per heavy atom. The van der Waals surface area contributed by atoms with Crippen molar-refractivity contribution in [3.05, 3.63) is 0 Å². The standard InChI is InChI=1S/C17H28N2O4S/c20-16(12-14-4-2-1-3-5-14)18-8-10-19(11-9-18)17(21)13-24(22,23)15-6-7-15/h14-15H,1-13H2. The van der Waals surface area contributed by atoms with Crippen LogP contribution in [0.3, 0.4) is 0 Å². The van der Waals surface area contributed by atoms with Gasteiger partial charge in [0.25, 0.3) is 0 Å². The van der Waals surface area contributed by atoms with Gasteiger partial charge in [-0.25, -0.2) is 8.42 Å². The second-order valence-electron chi connectivity index (χ2n) is 7.48. The average molecular weight is 356 g/mol. The van der Waals surface area contributed by atoms with Crippen LogP contribution in [0.2, 0.25) is 0 Å². The summed E-state index contributed by atoms with van der Waals surface area (Å²) >= 11 is 0. The van der Waals surface area contributed by atoms with Crippen molar-refractivity contribution in [1.82, 2.24) is 9.80 Å². The van der Waals surface area contributed by atoms with Crippen LogP contribution in [0.5, 0.6) is 0 Å². The summed E-state index contributed by atoms with van der Waals surface area (Å²) in [6, 6.07) is 0. The van der Waals surface area contributed by atoms with Crippen LogP contribution in [-0.2, 0) is 19.4 Å². The van der Waals surface area contributed by atoms with Gasteiger partial charge < -0.3 is 9.80 Å². The zero-order valence-corrected chi connectivity index (χ0v) is 15.1. The highest BCUT2D eigenvalue weighted by atomic mass is 32.2. The van der Waals surface area contributed by atoms with Crippen molar-refractivity contribution in [2.24, 2.45) is 5.92 Å². The molecule has 1 saturated heterocycles. The van der Waals surface area contributed by atoms with Crippen LogP contribution >= 0.6 is 0 Å². The summed E-state index contributed by atoms with van der Waals surface area (Å²) in [6.45, 7) is 1.96. The fourth-order valence-corrected chi connectivity index (χ4v) is 5.40. The van der Waals surface area contributed by atoms with Crippen LogP contribution in [0.25, 0.3) is 0 Å². The van der Waals surface area contributed by atoms with Crippen molar-refractivity contribution in [2.45, 2.75) is 56.6 Å². The maximum Gasteiger partial charge on any atom is 0.237 e. The molecule has 2 amide bonds. The molecule has 0 aromatic heterocycles. The van der Waals surface area contributed by atoms with Crippen molar-refractivity contribution in [3.8, 4) is 0 Å². The number of hydrogen-bond acceptors (Lipinski definition) is 4. The summed E-state index contributed by atoms with van der Waals surface area (Å²) in [5, 5.41) is -0.292. The van der Waals surface area contributed by atoms with Gasteiger partial charge in [-0.05, 0) is 31.6 Å². The zero-order chi connectivity index (χ0) is 17.2. The Kier molecular flexibility index (Phi) is 5.47. The van der Waals surface area contributed by atoms with Crippen molar-refractivity contribution in [2.75, 3.05) is 31.9 Å². The predicted molar refractivity (Wildman–Crippen MR) is 91.2 cm³/mol. The van der Waals surface area contributed by atoms with E-state index in [0.717, 1.165) is 12.8 Å². The molecule has 3 fully saturated rings. The molecule has 3 aliphatic rings. The quantitative estimate of drug-likeness (QED) is 0.742. The Morgan fingerprint density at radius 1 is 0.792 bits per heavy atom. The first-order valence-corrected chi connectivity index (χ1v) is 10.9. The van der Waals surface area contributed by atoms with Gasteiger partial charge in [0.1, 0.15) is 5.75 Å². The summed E-state index contributed by atoms with van der Waals surface area (Å²) < 4.78 is 23.9. The lowest BCUT2D eigenvalue weighted by Crippen LogP contribution is -2.52. The number of rotatable bonds is 5. The summed E-state index contributed by atoms with van der Waals surface area (Å²) in [5.74, 6) is 0.0451. The van der Waals surface area contributed by atoms with E-state index in [9.17, 15) is 18.0 Å². The Bertz CT molecular complexity index is 571. The smallest absolute Gasteiger partial charge is 0.237 e. The highest BCUT2D eigenvalue weighted by Crippen LogP contribution is 2.29. The molecule has 0 atom stereocenters. The molecule has 1 heterocycles. The highest BCUT2D eigenvalue weighted by molar-refractivity contribution is 7.93. The van der Waals surface area contributed by atoms with E-state index in [-0.39, 0.29) is 22.8 Å². The molecule has 0 bridgehead atoms. The van der Waals surface area contributed by atoms with Gasteiger partial charge in [-0.2, -0.15) is 0 Å². The number of nitrogens with zero attached hydrogens (tertiary/aromatic N) is 2. The van der Waals surface area contributed by atoms with Crippen molar-refractivity contribution in [3.63, 3.8) is 0 Å². The number of hydrogen-bond donors (Lipinski definition) is 0. The number of sulfone groups is 1. The van der Waals surface area contributed by atoms with E-state index in [0.29, 0.717) is 51.4 Å². The Labute approximate surface area is 144 Å². The lowest BCUT2D eigenvalue weighted by Gasteiger charge is -2.35. The molecule has 0 spiro atoms. The number of amides is 2. The summed E-state index contributed by atoms with van der Waals surface area (Å²) in [6.07, 6.45) is 8.08. The van der Waals surface area contributed by atoms with Crippen LogP contribution < -0.4 is 0 Å². The molecule has 0 unspecified atom stereocenters. The van der Waals surface area contributed by atoms with Crippen molar-refractivity contribution in [1.29, 1.82) is 0 Å². The molecule has 0 N–H and O–H groups in total. The van der Waals surface area contributed by atoms with Crippen molar-refractivity contribution >= 4 is 21.7 Å². The van der Waals surface area contributed by atoms with Crippen LogP contribution in [-0.4, -0.2) is 67.2 Å². The maximum atomic E-state index is 12.4. The lowest BCUT2D eigenvalue weighted by atomic mass is 9.86. The molecule has 0 radical (unpaired) electrons. The molecule has 1 aliphatic heterocycles. The molecule has 3 rings (SSSR count). The van der Waals surface area contributed by atoms with Gasteiger partial charge in [-0.1, -0.05) is 19.3 Å². The van der Waals surface area contributed by atoms with E-state index in [1.165, 1.54) is 19.3 Å². The van der Waals surface area contributed by atoms with Gasteiger partial charge in [-0.15, -0.1) is 0 Å². The van der Waals surface area contributed by atoms with E-state index in [4.69, 9.17) is 0 Å². The van der Waals surface area contributed by atoms with Gasteiger partial charge in [-0.3, -0.25) is 9.59 Å². The summed E-state index contributed by atoms with van der Waals surface area (Å²) in [5.41, 5.74) is 0. The monoisotopic (exact) mass is 356 g/mol. The molecule has 136 valence electrons. The van der Waals surface area contributed by atoms with Crippen LogP contribution in [0, 0.1) is 5.92 Å². The topological polar surface area (TPSA) is 74.8 Å². The lowest BCUT2D eigenvalue weighted by molar-refractivity contribution is -0.139. The fraction of sp³-hybridized carbons (Fsp3) is 0.882. The first-order chi connectivity index (χ1) is 11.5. The first kappa shape index (κ1) is 17.7. The third kappa shape index (κ3) is 4.49. The Balaban J connectivity index is 1.43. The largest absolute Gasteiger partial charge is 0.339 e. The zero-order valence-electron chi connectivity index (χ0n) is 14.3. The molecular weight excluding hydrogens is 328 g/mol. The van der Waals surface area contributed by atoms with E-state index in [1.807, 2.05) is 4.90 Å². The molecule has 6 nitrogen and oxygen atoms in total. The van der Waals surface area contributed by atoms with Gasteiger partial charge >= 0.3 is 0 Å². The van der Waals surface area contributed by atoms with E-state index < -0.39 is 9.84 Å². The minimum Gasteiger partial charge on any atom is -0.339 e. The molecular formula is C17H28N2O4S. The minimum absolute atomic E-state index is 0.194. The van der Waals surface area contributed by atoms with E-state index in [1.54, 1.807) is 4.90 Å². The van der Waals surface area contributed by atoms with Crippen LogP contribution in [0.4, 0.5) is 0 Å². The molecule has 7 heteroatoms. The van der Waals surface area contributed by atoms with Gasteiger partial charge in [0, 0.05) is 32.6 Å². The number of piperazine rings is 1. The maximum absolute atomic E-state index is 12.4. The Hall–Kier alpha value is -1.11. The molecule has 2 aliphatic carbocycles. The average Bonchev–Trinajstić information content (AvgIpc) is 3.41. The normalized spacial score (nSPS) is 23.3. The predicted octanol–water partition coefficient (Wildman–Crippen LogP) is 1.20. The van der Waals surface area contributed by atoms with Gasteiger partial charge in [0.2, 0.25) is 11.8 Å². The SMILES string of the molecule is O=C(CC1CCCCC1)N1CCN(C(=O)CS(=O)(=O)C2CC2)CC1. The van der Waals surface area contributed by atoms with Gasteiger partial charge in [0.05, 0.1) is 5.25 Å². The molecule has 0 aromatic rings. The number of carbonyl (C=O) groups excluding carboxylic acids is 2. The highest BCUT2D eigenvalue weighted by Gasteiger charge is 2.38. The van der Waals surface area contributed by atoms with Gasteiger partial charge in [0.15, 0.2) is 9.84 Å². The summed E-state index contributed by atoms with van der Waals surface area (Å²) in [4.78, 5) is 28.0. The van der Waals surface area contributed by atoms with E-state index in [2.05, 4.69) is 0 Å². The first-order valence-electron chi connectivity index (χ1n) is 9.23. The molecule has 2 saturated carbocycles. The Morgan fingerprint density at radius 3 is 1.88 bits per heavy atom. The fourth-order valence-electron chi connectivity index (χ4n) is 3.78. The molecule has 24 heavy (non-hydrogen) atoms. The molecule has 0 aromatic carbocycles. The third-order valence-electron chi connectivity index (χ3n) is 5.53.